The predicted molar refractivity (Wildman–Crippen MR) is 203 cm³/mol. The Morgan fingerprint density at radius 2 is 1.55 bits per heavy atom. The minimum Gasteiger partial charge on any atom is -0.457 e. The number of aryl methyl sites for hydroxylation is 1. The predicted octanol–water partition coefficient (Wildman–Crippen LogP) is 8.07. The number of urea groups is 1. The van der Waals surface area contributed by atoms with Crippen LogP contribution < -0.4 is 15.4 Å². The monoisotopic (exact) mass is 728 g/mol. The van der Waals surface area contributed by atoms with Crippen LogP contribution in [0, 0.1) is 5.92 Å². The number of carbonyl (C=O) groups excluding carboxylic acids is 1. The molecule has 6 aromatic rings. The zero-order valence-electron chi connectivity index (χ0n) is 29.3. The Labute approximate surface area is 312 Å². The number of anilines is 1. The lowest BCUT2D eigenvalue weighted by Crippen LogP contribution is -2.38. The number of tetrazole rings is 1. The number of benzene rings is 5. The fraction of sp³-hybridized carbons (Fsp3) is 0.220. The molecule has 1 aromatic heterocycles. The number of carbonyl (C=O) groups is 1. The Hall–Kier alpha value is -5.53. The molecule has 1 aliphatic rings. The lowest BCUT2D eigenvalue weighted by Gasteiger charge is -2.41. The maximum absolute atomic E-state index is 12.9. The largest absolute Gasteiger partial charge is 0.457 e. The molecule has 0 spiro atoms. The topological polar surface area (TPSA) is 133 Å². The van der Waals surface area contributed by atoms with Crippen LogP contribution in [0.15, 0.2) is 133 Å². The van der Waals surface area contributed by atoms with Crippen molar-refractivity contribution in [2.45, 2.75) is 43.7 Å². The van der Waals surface area contributed by atoms with Gasteiger partial charge in [-0.3, -0.25) is 0 Å². The van der Waals surface area contributed by atoms with E-state index in [2.05, 4.69) is 45.2 Å². The van der Waals surface area contributed by atoms with Gasteiger partial charge in [-0.2, -0.15) is 0 Å². The Kier molecular flexibility index (Phi) is 11.4. The Balaban J connectivity index is 1.01. The number of nitrogens with one attached hydrogen (secondary N) is 2. The Morgan fingerprint density at radius 1 is 0.849 bits per heavy atom. The summed E-state index contributed by atoms with van der Waals surface area (Å²) < 4.78 is 20.8. The first-order valence-electron chi connectivity index (χ1n) is 17.4. The van der Waals surface area contributed by atoms with E-state index < -0.39 is 6.29 Å². The average molecular weight is 729 g/mol. The van der Waals surface area contributed by atoms with Crippen molar-refractivity contribution < 1.29 is 24.1 Å². The summed E-state index contributed by atoms with van der Waals surface area (Å²) in [5.74, 6) is 2.10. The van der Waals surface area contributed by atoms with E-state index in [4.69, 9.17) is 14.2 Å². The number of aromatic nitrogens is 4. The number of rotatable bonds is 12. The normalized spacial score (nSPS) is 18.3. The zero-order valence-corrected chi connectivity index (χ0v) is 30.1. The summed E-state index contributed by atoms with van der Waals surface area (Å²) in [5.41, 5.74) is 6.40. The summed E-state index contributed by atoms with van der Waals surface area (Å²) in [5, 5.41) is 28.0. The number of hydrogen-bond acceptors (Lipinski definition) is 9. The molecule has 1 saturated heterocycles. The van der Waals surface area contributed by atoms with Crippen LogP contribution in [0.1, 0.15) is 41.6 Å². The molecule has 4 atom stereocenters. The highest BCUT2D eigenvalue weighted by molar-refractivity contribution is 7.99. The standard InChI is InChI=1S/C41H40N6O5S/c1-27-37(26-53-41-44-45-46-47(41)2)51-39(52-38(27)30-14-12-28(25-48)13-15-30)31-18-16-29(17-19-31)36-11-7-6-8-32(36)24-42-40(49)43-33-20-22-35(23-21-33)50-34-9-4-3-5-10-34/h3-23,27,37-39,48H,24-26H2,1-2H3,(H2,42,43,49)/t27-,37+,38+,39+/m1/s1. The Morgan fingerprint density at radius 3 is 2.26 bits per heavy atom. The van der Waals surface area contributed by atoms with Gasteiger partial charge in [0.15, 0.2) is 6.29 Å². The van der Waals surface area contributed by atoms with Gasteiger partial charge >= 0.3 is 6.03 Å². The van der Waals surface area contributed by atoms with Crippen LogP contribution in [0.3, 0.4) is 0 Å². The number of aliphatic hydroxyl groups is 1. The molecule has 1 aliphatic heterocycles. The minimum absolute atomic E-state index is 0.0166. The number of thioether (sulfide) groups is 1. The fourth-order valence-corrected chi connectivity index (χ4v) is 7.18. The van der Waals surface area contributed by atoms with Crippen molar-refractivity contribution in [2.24, 2.45) is 13.0 Å². The van der Waals surface area contributed by atoms with Gasteiger partial charge in [0.2, 0.25) is 5.16 Å². The number of para-hydroxylation sites is 1. The van der Waals surface area contributed by atoms with Gasteiger partial charge in [-0.25, -0.2) is 9.48 Å². The van der Waals surface area contributed by atoms with Crippen LogP contribution >= 0.6 is 11.8 Å². The van der Waals surface area contributed by atoms with E-state index in [-0.39, 0.29) is 30.8 Å². The van der Waals surface area contributed by atoms with Crippen molar-refractivity contribution in [3.8, 4) is 22.6 Å². The van der Waals surface area contributed by atoms with Gasteiger partial charge in [0.25, 0.3) is 0 Å². The second-order valence-electron chi connectivity index (χ2n) is 12.7. The van der Waals surface area contributed by atoms with Gasteiger partial charge in [-0.05, 0) is 74.6 Å². The third-order valence-electron chi connectivity index (χ3n) is 9.12. The number of amides is 2. The van der Waals surface area contributed by atoms with Crippen molar-refractivity contribution in [3.63, 3.8) is 0 Å². The summed E-state index contributed by atoms with van der Waals surface area (Å²) in [7, 11) is 1.82. The van der Waals surface area contributed by atoms with Gasteiger partial charge in [-0.1, -0.05) is 110 Å². The molecule has 2 amide bonds. The highest BCUT2D eigenvalue weighted by Gasteiger charge is 2.38. The molecule has 0 aliphatic carbocycles. The lowest BCUT2D eigenvalue weighted by atomic mass is 9.91. The van der Waals surface area contributed by atoms with Crippen molar-refractivity contribution >= 4 is 23.5 Å². The van der Waals surface area contributed by atoms with Gasteiger partial charge in [0, 0.05) is 36.5 Å². The van der Waals surface area contributed by atoms with Crippen LogP contribution in [0.5, 0.6) is 11.5 Å². The molecule has 12 heteroatoms. The van der Waals surface area contributed by atoms with E-state index in [1.807, 2.05) is 110 Å². The van der Waals surface area contributed by atoms with Gasteiger partial charge < -0.3 is 30.0 Å². The molecule has 1 fully saturated rings. The first kappa shape index (κ1) is 35.9. The summed E-state index contributed by atoms with van der Waals surface area (Å²) in [4.78, 5) is 12.9. The summed E-state index contributed by atoms with van der Waals surface area (Å²) in [6.45, 7) is 2.45. The van der Waals surface area contributed by atoms with E-state index in [1.54, 1.807) is 28.6 Å². The van der Waals surface area contributed by atoms with E-state index >= 15 is 0 Å². The third kappa shape index (κ3) is 8.93. The first-order chi connectivity index (χ1) is 25.9. The highest BCUT2D eigenvalue weighted by Crippen LogP contribution is 2.43. The lowest BCUT2D eigenvalue weighted by molar-refractivity contribution is -0.268. The zero-order chi connectivity index (χ0) is 36.6. The summed E-state index contributed by atoms with van der Waals surface area (Å²) >= 11 is 1.55. The fourth-order valence-electron chi connectivity index (χ4n) is 6.17. The van der Waals surface area contributed by atoms with Crippen LogP contribution in [-0.4, -0.2) is 43.2 Å². The van der Waals surface area contributed by atoms with E-state index in [0.29, 0.717) is 28.9 Å². The van der Waals surface area contributed by atoms with E-state index in [0.717, 1.165) is 39.1 Å². The van der Waals surface area contributed by atoms with Crippen LogP contribution in [0.25, 0.3) is 11.1 Å². The molecule has 11 nitrogen and oxygen atoms in total. The molecule has 0 radical (unpaired) electrons. The molecule has 3 N–H and O–H groups in total. The third-order valence-corrected chi connectivity index (χ3v) is 10.2. The molecule has 53 heavy (non-hydrogen) atoms. The molecule has 270 valence electrons. The highest BCUT2D eigenvalue weighted by atomic mass is 32.2. The molecule has 5 aromatic carbocycles. The maximum atomic E-state index is 12.9. The Bertz CT molecular complexity index is 2100. The average Bonchev–Trinajstić information content (AvgIpc) is 3.62. The smallest absolute Gasteiger partial charge is 0.319 e. The van der Waals surface area contributed by atoms with Crippen molar-refractivity contribution in [1.82, 2.24) is 25.5 Å². The molecular weight excluding hydrogens is 689 g/mol. The molecular formula is C41H40N6O5S. The van der Waals surface area contributed by atoms with Crippen molar-refractivity contribution in [2.75, 3.05) is 11.1 Å². The molecule has 0 bridgehead atoms. The number of nitrogens with zero attached hydrogens (tertiary/aromatic N) is 4. The molecule has 2 heterocycles. The quantitative estimate of drug-likeness (QED) is 0.107. The number of ether oxygens (including phenoxy) is 3. The van der Waals surface area contributed by atoms with Gasteiger partial charge in [0.05, 0.1) is 18.8 Å². The van der Waals surface area contributed by atoms with E-state index in [1.165, 1.54) is 0 Å². The number of hydrogen-bond donors (Lipinski definition) is 3. The van der Waals surface area contributed by atoms with Crippen LogP contribution in [0.2, 0.25) is 0 Å². The van der Waals surface area contributed by atoms with Crippen molar-refractivity contribution in [1.29, 1.82) is 0 Å². The second-order valence-corrected chi connectivity index (χ2v) is 13.7. The number of aliphatic hydroxyl groups excluding tert-OH is 1. The first-order valence-corrected chi connectivity index (χ1v) is 18.3. The second kappa shape index (κ2) is 16.9. The maximum Gasteiger partial charge on any atom is 0.319 e. The van der Waals surface area contributed by atoms with Gasteiger partial charge in [0.1, 0.15) is 11.5 Å². The SMILES string of the molecule is C[C@@H]1[C@H](CSc2nnnn2C)O[C@H](c2ccc(-c3ccccc3CNC(=O)Nc3ccc(Oc4ccccc4)cc3)cc2)O[C@@H]1c1ccc(CO)cc1. The van der Waals surface area contributed by atoms with Crippen molar-refractivity contribution in [3.05, 3.63) is 150 Å². The van der Waals surface area contributed by atoms with Crippen LogP contribution in [0.4, 0.5) is 10.5 Å². The van der Waals surface area contributed by atoms with Gasteiger partial charge in [-0.15, -0.1) is 5.10 Å². The summed E-state index contributed by atoms with van der Waals surface area (Å²) in [6.07, 6.45) is -0.996. The van der Waals surface area contributed by atoms with Crippen LogP contribution in [-0.2, 0) is 29.7 Å². The molecule has 7 rings (SSSR count). The molecule has 0 saturated carbocycles. The summed E-state index contributed by atoms with van der Waals surface area (Å²) in [6, 6.07) is 40.5. The van der Waals surface area contributed by atoms with E-state index in [9.17, 15) is 9.90 Å². The molecule has 0 unspecified atom stereocenters. The minimum atomic E-state index is -0.606.